The second-order valence-electron chi connectivity index (χ2n) is 6.01. The average Bonchev–Trinajstić information content (AvgIpc) is 2.65. The number of amides is 2. The van der Waals surface area contributed by atoms with Gasteiger partial charge in [0, 0.05) is 5.69 Å². The minimum absolute atomic E-state index is 0.0772. The molecule has 2 rings (SSSR count). The summed E-state index contributed by atoms with van der Waals surface area (Å²) in [7, 11) is 0. The van der Waals surface area contributed by atoms with E-state index in [1.165, 1.54) is 6.08 Å². The Kier molecular flexibility index (Phi) is 7.80. The fraction of sp³-hybridized carbons (Fsp3) is 0.190. The number of hydrogen-bond donors (Lipinski definition) is 2. The van der Waals surface area contributed by atoms with E-state index in [1.54, 1.807) is 25.1 Å². The molecule has 150 valence electrons. The van der Waals surface area contributed by atoms with Gasteiger partial charge in [-0.3, -0.25) is 9.59 Å². The number of aryl methyl sites for hydroxylation is 1. The summed E-state index contributed by atoms with van der Waals surface area (Å²) in [6, 6.07) is 12.4. The normalized spacial score (nSPS) is 10.8. The van der Waals surface area contributed by atoms with Gasteiger partial charge in [-0.25, -0.2) is 0 Å². The maximum atomic E-state index is 12.5. The zero-order chi connectivity index (χ0) is 21.4. The van der Waals surface area contributed by atoms with Gasteiger partial charge in [0.1, 0.15) is 11.6 Å². The number of halogens is 1. The molecular weight excluding hydrogens is 438 g/mol. The van der Waals surface area contributed by atoms with Crippen molar-refractivity contribution in [1.29, 1.82) is 5.26 Å². The van der Waals surface area contributed by atoms with E-state index in [-0.39, 0.29) is 12.2 Å². The molecule has 29 heavy (non-hydrogen) atoms. The van der Waals surface area contributed by atoms with Crippen LogP contribution in [0.4, 0.5) is 5.69 Å². The fourth-order valence-electron chi connectivity index (χ4n) is 2.45. The molecule has 0 aliphatic carbocycles. The van der Waals surface area contributed by atoms with Gasteiger partial charge in [0.15, 0.2) is 18.1 Å². The van der Waals surface area contributed by atoms with Crippen LogP contribution in [-0.4, -0.2) is 25.0 Å². The summed E-state index contributed by atoms with van der Waals surface area (Å²) in [6.45, 7) is 3.75. The molecule has 0 aliphatic heterocycles. The standard InChI is InChI=1S/C21H20BrN3O4/c1-3-28-18-10-14(9-17(22)20(18)29-12-19(24)26)8-15(11-23)21(27)25-16-6-4-5-13(2)7-16/h4-10H,3,12H2,1-2H3,(H2,24,26)(H,25,27)/b15-8+. The minimum Gasteiger partial charge on any atom is -0.490 e. The summed E-state index contributed by atoms with van der Waals surface area (Å²) in [5, 5.41) is 12.1. The van der Waals surface area contributed by atoms with E-state index in [2.05, 4.69) is 21.2 Å². The van der Waals surface area contributed by atoms with E-state index in [0.717, 1.165) is 5.56 Å². The molecule has 0 fully saturated rings. The predicted octanol–water partition coefficient (Wildman–Crippen LogP) is 3.57. The lowest BCUT2D eigenvalue weighted by atomic mass is 10.1. The molecule has 2 aromatic carbocycles. The summed E-state index contributed by atoms with van der Waals surface area (Å²) in [5.41, 5.74) is 7.18. The van der Waals surface area contributed by atoms with E-state index in [9.17, 15) is 14.9 Å². The van der Waals surface area contributed by atoms with Crippen LogP contribution in [0.15, 0.2) is 46.4 Å². The third kappa shape index (κ3) is 6.36. The molecule has 0 saturated heterocycles. The van der Waals surface area contributed by atoms with Gasteiger partial charge in [-0.05, 0) is 71.2 Å². The molecule has 2 amide bonds. The number of ether oxygens (including phenoxy) is 2. The zero-order valence-corrected chi connectivity index (χ0v) is 17.6. The summed E-state index contributed by atoms with van der Waals surface area (Å²) >= 11 is 3.36. The molecule has 0 unspecified atom stereocenters. The summed E-state index contributed by atoms with van der Waals surface area (Å²) in [5.74, 6) is -0.486. The van der Waals surface area contributed by atoms with Crippen molar-refractivity contribution in [2.24, 2.45) is 5.73 Å². The number of carbonyl (C=O) groups excluding carboxylic acids is 2. The van der Waals surface area contributed by atoms with E-state index < -0.39 is 11.8 Å². The molecule has 0 heterocycles. The first kappa shape index (κ1) is 22.0. The number of nitrogens with two attached hydrogens (primary N) is 1. The van der Waals surface area contributed by atoms with Crippen molar-refractivity contribution in [3.05, 3.63) is 57.6 Å². The minimum atomic E-state index is -0.622. The lowest BCUT2D eigenvalue weighted by Gasteiger charge is -2.14. The number of benzene rings is 2. The Morgan fingerprint density at radius 3 is 2.66 bits per heavy atom. The van der Waals surface area contributed by atoms with Crippen molar-refractivity contribution >= 4 is 39.5 Å². The van der Waals surface area contributed by atoms with Crippen molar-refractivity contribution in [1.82, 2.24) is 0 Å². The molecule has 0 bridgehead atoms. The van der Waals surface area contributed by atoms with Crippen LogP contribution >= 0.6 is 15.9 Å². The third-order valence-corrected chi connectivity index (χ3v) is 4.23. The lowest BCUT2D eigenvalue weighted by molar-refractivity contribution is -0.120. The first-order chi connectivity index (χ1) is 13.8. The molecule has 0 saturated carbocycles. The smallest absolute Gasteiger partial charge is 0.266 e. The van der Waals surface area contributed by atoms with Gasteiger partial charge in [-0.2, -0.15) is 5.26 Å². The van der Waals surface area contributed by atoms with Gasteiger partial charge in [0.2, 0.25) is 0 Å². The van der Waals surface area contributed by atoms with Crippen LogP contribution < -0.4 is 20.5 Å². The topological polar surface area (TPSA) is 114 Å². The number of nitrogens with one attached hydrogen (secondary N) is 1. The maximum absolute atomic E-state index is 12.5. The molecule has 0 spiro atoms. The molecule has 7 nitrogen and oxygen atoms in total. The van der Waals surface area contributed by atoms with Crippen LogP contribution in [0.3, 0.4) is 0 Å². The Morgan fingerprint density at radius 2 is 2.03 bits per heavy atom. The highest BCUT2D eigenvalue weighted by atomic mass is 79.9. The van der Waals surface area contributed by atoms with E-state index in [0.29, 0.717) is 33.8 Å². The van der Waals surface area contributed by atoms with Gasteiger partial charge in [0.25, 0.3) is 11.8 Å². The molecule has 0 radical (unpaired) electrons. The van der Waals surface area contributed by atoms with Crippen molar-refractivity contribution < 1.29 is 19.1 Å². The maximum Gasteiger partial charge on any atom is 0.266 e. The third-order valence-electron chi connectivity index (χ3n) is 3.64. The Balaban J connectivity index is 2.33. The van der Waals surface area contributed by atoms with Gasteiger partial charge >= 0.3 is 0 Å². The van der Waals surface area contributed by atoms with Crippen molar-refractivity contribution in [2.75, 3.05) is 18.5 Å². The van der Waals surface area contributed by atoms with Crippen LogP contribution in [0.5, 0.6) is 11.5 Å². The van der Waals surface area contributed by atoms with Crippen molar-refractivity contribution in [2.45, 2.75) is 13.8 Å². The summed E-state index contributed by atoms with van der Waals surface area (Å²) in [4.78, 5) is 23.5. The van der Waals surface area contributed by atoms with Gasteiger partial charge in [-0.1, -0.05) is 12.1 Å². The largest absolute Gasteiger partial charge is 0.490 e. The van der Waals surface area contributed by atoms with Gasteiger partial charge in [-0.15, -0.1) is 0 Å². The summed E-state index contributed by atoms with van der Waals surface area (Å²) < 4.78 is 11.4. The Bertz CT molecular complexity index is 996. The molecule has 8 heteroatoms. The molecule has 0 aliphatic rings. The Hall–Kier alpha value is -3.31. The second-order valence-corrected chi connectivity index (χ2v) is 6.87. The Morgan fingerprint density at radius 1 is 1.28 bits per heavy atom. The summed E-state index contributed by atoms with van der Waals surface area (Å²) in [6.07, 6.45) is 1.44. The van der Waals surface area contributed by atoms with Gasteiger partial charge in [0.05, 0.1) is 11.1 Å². The predicted molar refractivity (Wildman–Crippen MR) is 113 cm³/mol. The highest BCUT2D eigenvalue weighted by molar-refractivity contribution is 9.10. The highest BCUT2D eigenvalue weighted by Gasteiger charge is 2.15. The first-order valence-corrected chi connectivity index (χ1v) is 9.50. The monoisotopic (exact) mass is 457 g/mol. The average molecular weight is 458 g/mol. The van der Waals surface area contributed by atoms with Crippen LogP contribution in [0.2, 0.25) is 0 Å². The molecule has 2 aromatic rings. The molecule has 0 atom stereocenters. The number of rotatable bonds is 8. The number of hydrogen-bond acceptors (Lipinski definition) is 5. The van der Waals surface area contributed by atoms with E-state index >= 15 is 0 Å². The van der Waals surface area contributed by atoms with Crippen LogP contribution in [0.25, 0.3) is 6.08 Å². The number of primary amides is 1. The van der Waals surface area contributed by atoms with Crippen molar-refractivity contribution in [3.63, 3.8) is 0 Å². The quantitative estimate of drug-likeness (QED) is 0.464. The van der Waals surface area contributed by atoms with Crippen molar-refractivity contribution in [3.8, 4) is 17.6 Å². The SMILES string of the molecule is CCOc1cc(/C=C(\C#N)C(=O)Nc2cccc(C)c2)cc(Br)c1OCC(N)=O. The number of anilines is 1. The van der Waals surface area contributed by atoms with E-state index in [4.69, 9.17) is 15.2 Å². The van der Waals surface area contributed by atoms with Crippen LogP contribution in [-0.2, 0) is 9.59 Å². The van der Waals surface area contributed by atoms with Crippen LogP contribution in [0, 0.1) is 18.3 Å². The number of nitriles is 1. The lowest BCUT2D eigenvalue weighted by Crippen LogP contribution is -2.20. The van der Waals surface area contributed by atoms with Gasteiger partial charge < -0.3 is 20.5 Å². The molecule has 3 N–H and O–H groups in total. The second kappa shape index (κ2) is 10.3. The number of carbonyl (C=O) groups is 2. The number of nitrogens with zero attached hydrogens (tertiary/aromatic N) is 1. The molecular formula is C21H20BrN3O4. The zero-order valence-electron chi connectivity index (χ0n) is 16.0. The highest BCUT2D eigenvalue weighted by Crippen LogP contribution is 2.37. The van der Waals surface area contributed by atoms with E-state index in [1.807, 2.05) is 31.2 Å². The fourth-order valence-corrected chi connectivity index (χ4v) is 3.03. The van der Waals surface area contributed by atoms with Crippen LogP contribution in [0.1, 0.15) is 18.1 Å². The first-order valence-electron chi connectivity index (χ1n) is 8.71. The molecule has 0 aromatic heterocycles. The Labute approximate surface area is 177 Å².